The van der Waals surface area contributed by atoms with Crippen molar-refractivity contribution in [2.75, 3.05) is 6.79 Å². The number of carbonyl (C=O) groups excluding carboxylic acids is 3. The molecule has 0 amide bonds. The van der Waals surface area contributed by atoms with Gasteiger partial charge in [0.05, 0.1) is 5.69 Å². The van der Waals surface area contributed by atoms with E-state index in [2.05, 4.69) is 15.9 Å². The van der Waals surface area contributed by atoms with Gasteiger partial charge < -0.3 is 9.47 Å². The number of halogens is 1. The molecule has 0 aliphatic carbocycles. The third-order valence-electron chi connectivity index (χ3n) is 3.76. The summed E-state index contributed by atoms with van der Waals surface area (Å²) in [5, 5.41) is 0.0493. The van der Waals surface area contributed by atoms with Crippen LogP contribution in [0.2, 0.25) is 0 Å². The molecule has 130 valence electrons. The van der Waals surface area contributed by atoms with Gasteiger partial charge in [0.1, 0.15) is 5.69 Å². The molecule has 1 aliphatic heterocycles. The van der Waals surface area contributed by atoms with Gasteiger partial charge in [0.2, 0.25) is 24.4 Å². The summed E-state index contributed by atoms with van der Waals surface area (Å²) < 4.78 is 12.0. The number of benzene rings is 1. The second-order valence-electron chi connectivity index (χ2n) is 5.32. The quantitative estimate of drug-likeness (QED) is 0.567. The molecule has 3 rings (SSSR count). The number of imidazole rings is 1. The highest BCUT2D eigenvalue weighted by Crippen LogP contribution is 2.33. The van der Waals surface area contributed by atoms with E-state index in [0.29, 0.717) is 16.1 Å². The Morgan fingerprint density at radius 2 is 1.72 bits per heavy atom. The molecule has 9 heteroatoms. The summed E-state index contributed by atoms with van der Waals surface area (Å²) in [6.45, 7) is 2.39. The second kappa shape index (κ2) is 6.32. The van der Waals surface area contributed by atoms with E-state index >= 15 is 0 Å². The van der Waals surface area contributed by atoms with Gasteiger partial charge in [0.25, 0.3) is 0 Å². The van der Waals surface area contributed by atoms with Crippen molar-refractivity contribution in [3.8, 4) is 11.5 Å². The number of hydrogen-bond acceptors (Lipinski definition) is 6. The van der Waals surface area contributed by atoms with Crippen LogP contribution in [0.25, 0.3) is 0 Å². The predicted molar refractivity (Wildman–Crippen MR) is 89.9 cm³/mol. The summed E-state index contributed by atoms with van der Waals surface area (Å²) in [6.07, 6.45) is 0. The van der Waals surface area contributed by atoms with E-state index in [9.17, 15) is 19.2 Å². The van der Waals surface area contributed by atoms with Gasteiger partial charge in [0.15, 0.2) is 11.5 Å². The third-order valence-corrected chi connectivity index (χ3v) is 4.29. The van der Waals surface area contributed by atoms with Crippen molar-refractivity contribution in [3.05, 3.63) is 45.6 Å². The largest absolute Gasteiger partial charge is 0.454 e. The molecule has 2 aromatic rings. The van der Waals surface area contributed by atoms with Gasteiger partial charge in [-0.3, -0.25) is 14.4 Å². The van der Waals surface area contributed by atoms with E-state index < -0.39 is 23.3 Å². The van der Waals surface area contributed by atoms with Gasteiger partial charge >= 0.3 is 5.69 Å². The van der Waals surface area contributed by atoms with Crippen LogP contribution in [-0.2, 0) is 5.33 Å². The summed E-state index contributed by atoms with van der Waals surface area (Å²) >= 11 is 3.18. The minimum Gasteiger partial charge on any atom is -0.454 e. The molecular formula is C16H13BrN2O6. The van der Waals surface area contributed by atoms with Gasteiger partial charge in [-0.15, -0.1) is 0 Å². The van der Waals surface area contributed by atoms with Crippen LogP contribution in [0.3, 0.4) is 0 Å². The Kier molecular flexibility index (Phi) is 4.34. The van der Waals surface area contributed by atoms with Crippen molar-refractivity contribution in [3.63, 3.8) is 0 Å². The number of nitrogens with zero attached hydrogens (tertiary/aromatic N) is 2. The number of carbonyl (C=O) groups is 3. The maximum Gasteiger partial charge on any atom is 0.342 e. The fraction of sp³-hybridized carbons (Fsp3) is 0.250. The molecule has 0 saturated carbocycles. The number of aromatic nitrogens is 2. The lowest BCUT2D eigenvalue weighted by molar-refractivity contribution is 0.0905. The number of rotatable bonds is 3. The lowest BCUT2D eigenvalue weighted by Gasteiger charge is -2.06. The van der Waals surface area contributed by atoms with Crippen LogP contribution in [0.1, 0.15) is 45.2 Å². The molecule has 1 aliphatic rings. The summed E-state index contributed by atoms with van der Waals surface area (Å²) in [5.41, 5.74) is -0.681. The van der Waals surface area contributed by atoms with Gasteiger partial charge in [-0.1, -0.05) is 15.9 Å². The number of alkyl halides is 1. The molecule has 1 aromatic heterocycles. The van der Waals surface area contributed by atoms with Gasteiger partial charge in [-0.05, 0) is 18.2 Å². The molecule has 0 N–H and O–H groups in total. The summed E-state index contributed by atoms with van der Waals surface area (Å²) in [7, 11) is 0. The molecule has 1 aromatic carbocycles. The smallest absolute Gasteiger partial charge is 0.342 e. The summed E-state index contributed by atoms with van der Waals surface area (Å²) in [5.74, 6) is -0.910. The first-order valence-corrected chi connectivity index (χ1v) is 8.37. The molecule has 0 spiro atoms. The Hall–Kier alpha value is -2.68. The fourth-order valence-electron chi connectivity index (χ4n) is 2.69. The van der Waals surface area contributed by atoms with Crippen LogP contribution in [0, 0.1) is 0 Å². The van der Waals surface area contributed by atoms with Crippen molar-refractivity contribution in [1.82, 2.24) is 9.13 Å². The van der Waals surface area contributed by atoms with E-state index in [1.165, 1.54) is 19.1 Å². The van der Waals surface area contributed by atoms with Gasteiger partial charge in [-0.2, -0.15) is 0 Å². The first-order valence-electron chi connectivity index (χ1n) is 7.25. The average Bonchev–Trinajstić information content (AvgIpc) is 3.14. The number of ether oxygens (including phenoxy) is 2. The molecule has 0 fully saturated rings. The summed E-state index contributed by atoms with van der Waals surface area (Å²) in [6, 6.07) is 4.55. The zero-order valence-electron chi connectivity index (χ0n) is 13.4. The van der Waals surface area contributed by atoms with Crippen LogP contribution < -0.4 is 15.2 Å². The lowest BCUT2D eigenvalue weighted by Crippen LogP contribution is -2.31. The van der Waals surface area contributed by atoms with Crippen molar-refractivity contribution >= 4 is 33.5 Å². The van der Waals surface area contributed by atoms with E-state index in [1.807, 2.05) is 0 Å². The minimum atomic E-state index is -0.862. The molecular weight excluding hydrogens is 396 g/mol. The standard InChI is InChI=1S/C16H13BrN2O6/c1-8(20)18-11(6-17)14(19(9(2)21)16(18)23)15(22)10-3-4-12-13(5-10)25-7-24-12/h3-5H,6-7H2,1-2H3. The summed E-state index contributed by atoms with van der Waals surface area (Å²) in [4.78, 5) is 49.2. The molecule has 0 radical (unpaired) electrons. The highest BCUT2D eigenvalue weighted by Gasteiger charge is 2.29. The van der Waals surface area contributed by atoms with Crippen molar-refractivity contribution in [2.45, 2.75) is 19.2 Å². The molecule has 0 unspecified atom stereocenters. The van der Waals surface area contributed by atoms with Crippen LogP contribution in [-0.4, -0.2) is 33.5 Å². The maximum absolute atomic E-state index is 13.0. The van der Waals surface area contributed by atoms with E-state index in [4.69, 9.17) is 9.47 Å². The van der Waals surface area contributed by atoms with Crippen molar-refractivity contribution in [1.29, 1.82) is 0 Å². The molecule has 25 heavy (non-hydrogen) atoms. The monoisotopic (exact) mass is 408 g/mol. The number of ketones is 1. The fourth-order valence-corrected chi connectivity index (χ4v) is 3.21. The zero-order chi connectivity index (χ0) is 18.3. The van der Waals surface area contributed by atoms with Gasteiger partial charge in [0, 0.05) is 24.7 Å². The Morgan fingerprint density at radius 1 is 1.08 bits per heavy atom. The molecule has 0 bridgehead atoms. The molecule has 8 nitrogen and oxygen atoms in total. The van der Waals surface area contributed by atoms with E-state index in [1.54, 1.807) is 6.07 Å². The van der Waals surface area contributed by atoms with Crippen LogP contribution >= 0.6 is 15.9 Å². The SMILES string of the molecule is CC(=O)n1c(CBr)c(C(=O)c2ccc3c(c2)OCO3)n(C(C)=O)c1=O. The molecule has 2 heterocycles. The maximum atomic E-state index is 13.0. The van der Waals surface area contributed by atoms with Crippen LogP contribution in [0.15, 0.2) is 23.0 Å². The molecule has 0 saturated heterocycles. The molecule has 0 atom stereocenters. The topological polar surface area (TPSA) is 96.6 Å². The first-order chi connectivity index (χ1) is 11.9. The highest BCUT2D eigenvalue weighted by molar-refractivity contribution is 9.08. The Balaban J connectivity index is 2.23. The second-order valence-corrected chi connectivity index (χ2v) is 5.88. The number of fused-ring (bicyclic) bond motifs is 1. The first kappa shape index (κ1) is 17.2. The van der Waals surface area contributed by atoms with E-state index in [0.717, 1.165) is 11.5 Å². The minimum absolute atomic E-state index is 0.0493. The average molecular weight is 409 g/mol. The lowest BCUT2D eigenvalue weighted by atomic mass is 10.1. The Labute approximate surface area is 150 Å². The van der Waals surface area contributed by atoms with E-state index in [-0.39, 0.29) is 29.1 Å². The van der Waals surface area contributed by atoms with Crippen molar-refractivity contribution in [2.24, 2.45) is 0 Å². The van der Waals surface area contributed by atoms with Crippen LogP contribution in [0.4, 0.5) is 0 Å². The Morgan fingerprint density at radius 3 is 2.32 bits per heavy atom. The highest BCUT2D eigenvalue weighted by atomic mass is 79.9. The number of hydrogen-bond donors (Lipinski definition) is 0. The third kappa shape index (κ3) is 2.70. The Bertz CT molecular complexity index is 972. The zero-order valence-corrected chi connectivity index (χ0v) is 15.0. The van der Waals surface area contributed by atoms with Crippen LogP contribution in [0.5, 0.6) is 11.5 Å². The predicted octanol–water partition coefficient (Wildman–Crippen LogP) is 1.82. The van der Waals surface area contributed by atoms with Crippen molar-refractivity contribution < 1.29 is 23.9 Å². The van der Waals surface area contributed by atoms with Gasteiger partial charge in [-0.25, -0.2) is 13.9 Å². The normalized spacial score (nSPS) is 12.3.